The third kappa shape index (κ3) is 6.82. The zero-order valence-corrected chi connectivity index (χ0v) is 17.9. The molecule has 0 spiro atoms. The van der Waals surface area contributed by atoms with Crippen LogP contribution < -0.4 is 10.6 Å². The summed E-state index contributed by atoms with van der Waals surface area (Å²) in [6, 6.07) is 7.41. The first-order valence-corrected chi connectivity index (χ1v) is 10.4. The number of amides is 2. The Bertz CT molecular complexity index is 702. The Morgan fingerprint density at radius 2 is 1.86 bits per heavy atom. The maximum Gasteiger partial charge on any atom is 0.237 e. The zero-order chi connectivity index (χ0) is 19.9. The second kappa shape index (κ2) is 11.3. The second-order valence-corrected chi connectivity index (χ2v) is 8.03. The molecule has 2 heterocycles. The molecule has 3 rings (SSSR count). The van der Waals surface area contributed by atoms with Gasteiger partial charge in [-0.3, -0.25) is 14.4 Å². The van der Waals surface area contributed by atoms with E-state index in [4.69, 9.17) is 0 Å². The smallest absolute Gasteiger partial charge is 0.237 e. The van der Waals surface area contributed by atoms with Gasteiger partial charge in [0.05, 0.1) is 6.04 Å². The lowest BCUT2D eigenvalue weighted by Gasteiger charge is -2.33. The van der Waals surface area contributed by atoms with E-state index in [-0.39, 0.29) is 54.8 Å². The van der Waals surface area contributed by atoms with Crippen LogP contribution in [0.1, 0.15) is 54.4 Å². The zero-order valence-electron chi connectivity index (χ0n) is 17.1. The fraction of sp³-hybridized carbons (Fsp3) is 0.591. The van der Waals surface area contributed by atoms with Crippen LogP contribution in [0, 0.1) is 12.8 Å². The Morgan fingerprint density at radius 3 is 2.55 bits per heavy atom. The summed E-state index contributed by atoms with van der Waals surface area (Å²) in [4.78, 5) is 38.8. The topological polar surface area (TPSA) is 78.5 Å². The van der Waals surface area contributed by atoms with Gasteiger partial charge in [0.2, 0.25) is 11.8 Å². The van der Waals surface area contributed by atoms with Gasteiger partial charge in [0, 0.05) is 38.0 Å². The molecular formula is C22H32ClN3O3. The van der Waals surface area contributed by atoms with Crippen LogP contribution in [0.25, 0.3) is 0 Å². The molecule has 2 aliphatic heterocycles. The highest BCUT2D eigenvalue weighted by atomic mass is 35.5. The van der Waals surface area contributed by atoms with Gasteiger partial charge in [0.1, 0.15) is 0 Å². The molecule has 7 heteroatoms. The van der Waals surface area contributed by atoms with Crippen molar-refractivity contribution in [2.45, 2.75) is 51.5 Å². The lowest BCUT2D eigenvalue weighted by Crippen LogP contribution is -2.46. The van der Waals surface area contributed by atoms with Crippen LogP contribution in [0.15, 0.2) is 24.3 Å². The molecular weight excluding hydrogens is 390 g/mol. The van der Waals surface area contributed by atoms with E-state index < -0.39 is 0 Å². The molecule has 0 saturated carbocycles. The molecule has 2 atom stereocenters. The number of aryl methyl sites for hydroxylation is 1. The molecule has 6 nitrogen and oxygen atoms in total. The van der Waals surface area contributed by atoms with Crippen LogP contribution in [0.5, 0.6) is 0 Å². The van der Waals surface area contributed by atoms with Crippen molar-refractivity contribution in [1.29, 1.82) is 0 Å². The Morgan fingerprint density at radius 1 is 1.10 bits per heavy atom. The van der Waals surface area contributed by atoms with Crippen molar-refractivity contribution in [2.24, 2.45) is 5.92 Å². The number of carbonyl (C=O) groups excluding carboxylic acids is 3. The summed E-state index contributed by atoms with van der Waals surface area (Å²) in [6.07, 6.45) is 4.40. The van der Waals surface area contributed by atoms with Crippen molar-refractivity contribution >= 4 is 30.0 Å². The Balaban J connectivity index is 0.00000300. The van der Waals surface area contributed by atoms with E-state index in [2.05, 4.69) is 10.6 Å². The number of carbonyl (C=O) groups is 3. The fourth-order valence-corrected chi connectivity index (χ4v) is 4.00. The van der Waals surface area contributed by atoms with Crippen LogP contribution in [-0.2, 0) is 9.59 Å². The minimum Gasteiger partial charge on any atom is -0.354 e. The van der Waals surface area contributed by atoms with E-state index in [1.807, 2.05) is 36.1 Å². The van der Waals surface area contributed by atoms with Crippen molar-refractivity contribution in [3.63, 3.8) is 0 Å². The largest absolute Gasteiger partial charge is 0.354 e. The van der Waals surface area contributed by atoms with Crippen molar-refractivity contribution in [2.75, 3.05) is 26.2 Å². The first-order chi connectivity index (χ1) is 13.5. The van der Waals surface area contributed by atoms with Crippen molar-refractivity contribution in [3.05, 3.63) is 35.4 Å². The quantitative estimate of drug-likeness (QED) is 0.663. The van der Waals surface area contributed by atoms with Crippen LogP contribution >= 0.6 is 12.4 Å². The van der Waals surface area contributed by atoms with Gasteiger partial charge in [-0.2, -0.15) is 0 Å². The Kier molecular flexibility index (Phi) is 9.11. The first-order valence-electron chi connectivity index (χ1n) is 10.4. The maximum absolute atomic E-state index is 12.6. The Hall–Kier alpha value is -1.92. The number of likely N-dealkylation sites (tertiary alicyclic amines) is 1. The van der Waals surface area contributed by atoms with E-state index in [1.54, 1.807) is 0 Å². The monoisotopic (exact) mass is 421 g/mol. The molecule has 2 amide bonds. The molecule has 0 radical (unpaired) electrons. The number of rotatable bonds is 7. The van der Waals surface area contributed by atoms with Crippen LogP contribution in [0.4, 0.5) is 0 Å². The molecule has 1 aromatic rings. The van der Waals surface area contributed by atoms with E-state index in [0.717, 1.165) is 44.3 Å². The minimum atomic E-state index is -0.0610. The summed E-state index contributed by atoms with van der Waals surface area (Å²) in [7, 11) is 0. The third-order valence-electron chi connectivity index (χ3n) is 5.75. The van der Waals surface area contributed by atoms with Gasteiger partial charge < -0.3 is 15.5 Å². The molecule has 29 heavy (non-hydrogen) atoms. The van der Waals surface area contributed by atoms with Gasteiger partial charge in [-0.1, -0.05) is 29.8 Å². The highest BCUT2D eigenvalue weighted by molar-refractivity contribution is 5.98. The summed E-state index contributed by atoms with van der Waals surface area (Å²) < 4.78 is 0. The van der Waals surface area contributed by atoms with Gasteiger partial charge in [0.15, 0.2) is 5.78 Å². The minimum absolute atomic E-state index is 0. The number of benzene rings is 1. The van der Waals surface area contributed by atoms with E-state index in [1.165, 1.54) is 0 Å². The van der Waals surface area contributed by atoms with Gasteiger partial charge in [-0.05, 0) is 45.1 Å². The molecule has 2 aliphatic rings. The van der Waals surface area contributed by atoms with Gasteiger partial charge in [-0.25, -0.2) is 0 Å². The normalized spacial score (nSPS) is 21.3. The maximum atomic E-state index is 12.6. The highest BCUT2D eigenvalue weighted by Crippen LogP contribution is 2.18. The predicted octanol–water partition coefficient (Wildman–Crippen LogP) is 2.49. The number of nitrogens with one attached hydrogen (secondary N) is 2. The molecule has 2 unspecified atom stereocenters. The number of Topliss-reactive ketones (excluding diaryl/α,β-unsaturated/α-hetero) is 1. The molecule has 160 valence electrons. The van der Waals surface area contributed by atoms with Crippen molar-refractivity contribution < 1.29 is 14.4 Å². The Labute approximate surface area is 179 Å². The van der Waals surface area contributed by atoms with E-state index in [0.29, 0.717) is 18.7 Å². The standard InChI is InChI=1S/C22H31N3O3.ClH/c1-16-6-8-18(9-7-16)20(26)10-11-21(27)25-13-3-4-17(15-25)14-24-22(28)19-5-2-12-23-19;/h6-9,17,19,23H,2-5,10-15H2,1H3,(H,24,28);1H. The summed E-state index contributed by atoms with van der Waals surface area (Å²) in [5.41, 5.74) is 1.78. The molecule has 1 aromatic carbocycles. The first kappa shape index (κ1) is 23.4. The van der Waals surface area contributed by atoms with Crippen molar-refractivity contribution in [1.82, 2.24) is 15.5 Å². The number of piperidine rings is 1. The fourth-order valence-electron chi connectivity index (χ4n) is 4.00. The number of halogens is 1. The average molecular weight is 422 g/mol. The number of nitrogens with zero attached hydrogens (tertiary/aromatic N) is 1. The highest BCUT2D eigenvalue weighted by Gasteiger charge is 2.26. The van der Waals surface area contributed by atoms with Crippen molar-refractivity contribution in [3.8, 4) is 0 Å². The third-order valence-corrected chi connectivity index (χ3v) is 5.75. The lowest BCUT2D eigenvalue weighted by molar-refractivity contribution is -0.132. The number of hydrogen-bond donors (Lipinski definition) is 2. The summed E-state index contributed by atoms with van der Waals surface area (Å²) in [5, 5.41) is 6.24. The van der Waals surface area contributed by atoms with Gasteiger partial charge in [-0.15, -0.1) is 12.4 Å². The van der Waals surface area contributed by atoms with E-state index in [9.17, 15) is 14.4 Å². The summed E-state index contributed by atoms with van der Waals surface area (Å²) >= 11 is 0. The average Bonchev–Trinajstić information content (AvgIpc) is 3.26. The lowest BCUT2D eigenvalue weighted by atomic mass is 9.97. The predicted molar refractivity (Wildman–Crippen MR) is 115 cm³/mol. The van der Waals surface area contributed by atoms with Crippen LogP contribution in [-0.4, -0.2) is 54.7 Å². The number of ketones is 1. The summed E-state index contributed by atoms with van der Waals surface area (Å²) in [5.74, 6) is 0.410. The molecule has 0 aliphatic carbocycles. The van der Waals surface area contributed by atoms with Gasteiger partial charge in [0.25, 0.3) is 0 Å². The number of hydrogen-bond acceptors (Lipinski definition) is 4. The van der Waals surface area contributed by atoms with Gasteiger partial charge >= 0.3 is 0 Å². The molecule has 0 aromatic heterocycles. The molecule has 2 saturated heterocycles. The van der Waals surface area contributed by atoms with Crippen LogP contribution in [0.3, 0.4) is 0 Å². The molecule has 2 fully saturated rings. The van der Waals surface area contributed by atoms with Crippen LogP contribution in [0.2, 0.25) is 0 Å². The second-order valence-electron chi connectivity index (χ2n) is 8.03. The molecule has 2 N–H and O–H groups in total. The summed E-state index contributed by atoms with van der Waals surface area (Å²) in [6.45, 7) is 4.91. The van der Waals surface area contributed by atoms with E-state index >= 15 is 0 Å². The molecule has 0 bridgehead atoms. The SMILES string of the molecule is Cc1ccc(C(=O)CCC(=O)N2CCCC(CNC(=O)C3CCCN3)C2)cc1.Cl.